The quantitative estimate of drug-likeness (QED) is 0.867. The summed E-state index contributed by atoms with van der Waals surface area (Å²) in [6.07, 6.45) is 0.644. The molecule has 1 N–H and O–H groups in total. The molecule has 1 aromatic heterocycles. The summed E-state index contributed by atoms with van der Waals surface area (Å²) in [5.41, 5.74) is 0.613. The van der Waals surface area contributed by atoms with E-state index in [0.717, 1.165) is 0 Å². The number of hydrogen-bond acceptors (Lipinski definition) is 5. The van der Waals surface area contributed by atoms with Gasteiger partial charge in [0.15, 0.2) is 6.61 Å². The molecule has 0 fully saturated rings. The highest BCUT2D eigenvalue weighted by Crippen LogP contribution is 2.27. The van der Waals surface area contributed by atoms with Crippen LogP contribution in [0.4, 0.5) is 0 Å². The summed E-state index contributed by atoms with van der Waals surface area (Å²) in [6.45, 7) is 1.50. The Labute approximate surface area is 103 Å². The van der Waals surface area contributed by atoms with Crippen molar-refractivity contribution in [3.8, 4) is 17.1 Å². The van der Waals surface area contributed by atoms with Gasteiger partial charge in [-0.25, -0.2) is 4.79 Å². The molecule has 0 bridgehead atoms. The van der Waals surface area contributed by atoms with Gasteiger partial charge in [-0.05, 0) is 12.1 Å². The van der Waals surface area contributed by atoms with E-state index in [0.29, 0.717) is 29.4 Å². The maximum atomic E-state index is 10.5. The van der Waals surface area contributed by atoms with E-state index in [1.807, 2.05) is 6.92 Å². The fraction of sp³-hybridized carbons (Fsp3) is 0.250. The summed E-state index contributed by atoms with van der Waals surface area (Å²) in [4.78, 5) is 14.7. The molecule has 0 aliphatic rings. The number of aryl methyl sites for hydroxylation is 1. The second-order valence-electron chi connectivity index (χ2n) is 3.54. The number of hydrogen-bond donors (Lipinski definition) is 1. The zero-order chi connectivity index (χ0) is 13.0. The van der Waals surface area contributed by atoms with Crippen LogP contribution >= 0.6 is 0 Å². The maximum Gasteiger partial charge on any atom is 0.341 e. The van der Waals surface area contributed by atoms with E-state index in [1.54, 1.807) is 24.3 Å². The largest absolute Gasteiger partial charge is 0.481 e. The normalized spacial score (nSPS) is 10.3. The first-order valence-electron chi connectivity index (χ1n) is 5.47. The first-order valence-corrected chi connectivity index (χ1v) is 5.47. The molecule has 0 aliphatic heterocycles. The highest BCUT2D eigenvalue weighted by molar-refractivity contribution is 5.70. The molecular formula is C12H12N2O4. The molecule has 0 unspecified atom stereocenters. The number of rotatable bonds is 5. The van der Waals surface area contributed by atoms with Crippen molar-refractivity contribution in [1.29, 1.82) is 0 Å². The van der Waals surface area contributed by atoms with Crippen molar-refractivity contribution in [1.82, 2.24) is 10.1 Å². The van der Waals surface area contributed by atoms with Crippen LogP contribution in [0, 0.1) is 0 Å². The van der Waals surface area contributed by atoms with E-state index in [-0.39, 0.29) is 0 Å². The number of aromatic nitrogens is 2. The van der Waals surface area contributed by atoms with Crippen LogP contribution in [0.5, 0.6) is 5.75 Å². The van der Waals surface area contributed by atoms with Crippen LogP contribution in [-0.2, 0) is 11.2 Å². The van der Waals surface area contributed by atoms with Crippen LogP contribution in [0.1, 0.15) is 12.8 Å². The number of para-hydroxylation sites is 1. The number of carboxylic acids is 1. The first kappa shape index (κ1) is 12.1. The molecule has 1 heterocycles. The van der Waals surface area contributed by atoms with Gasteiger partial charge in [-0.3, -0.25) is 0 Å². The van der Waals surface area contributed by atoms with Gasteiger partial charge < -0.3 is 14.4 Å². The van der Waals surface area contributed by atoms with Crippen molar-refractivity contribution in [2.24, 2.45) is 0 Å². The van der Waals surface area contributed by atoms with Gasteiger partial charge in [-0.1, -0.05) is 24.2 Å². The third-order valence-electron chi connectivity index (χ3n) is 2.25. The molecule has 0 radical (unpaired) electrons. The Bertz CT molecular complexity index is 551. The molecule has 0 aliphatic carbocycles. The predicted octanol–water partition coefficient (Wildman–Crippen LogP) is 1.76. The van der Waals surface area contributed by atoms with Crippen molar-refractivity contribution in [3.05, 3.63) is 30.2 Å². The molecule has 0 saturated carbocycles. The standard InChI is InChI=1S/C12H12N2O4/c1-2-10-13-12(14-18-10)8-5-3-4-6-9(8)17-7-11(15)16/h3-6H,2,7H2,1H3,(H,15,16). The minimum atomic E-state index is -1.04. The van der Waals surface area contributed by atoms with Gasteiger partial charge in [-0.15, -0.1) is 0 Å². The Hall–Kier alpha value is -2.37. The van der Waals surface area contributed by atoms with Crippen LogP contribution in [0.3, 0.4) is 0 Å². The molecule has 94 valence electrons. The van der Waals surface area contributed by atoms with Crippen LogP contribution in [0.2, 0.25) is 0 Å². The van der Waals surface area contributed by atoms with Crippen LogP contribution < -0.4 is 4.74 Å². The van der Waals surface area contributed by atoms with Gasteiger partial charge >= 0.3 is 5.97 Å². The topological polar surface area (TPSA) is 85.5 Å². The van der Waals surface area contributed by atoms with E-state index in [9.17, 15) is 4.79 Å². The SMILES string of the molecule is CCc1nc(-c2ccccc2OCC(=O)O)no1. The molecule has 0 amide bonds. The second kappa shape index (κ2) is 5.31. The Morgan fingerprint density at radius 3 is 2.89 bits per heavy atom. The molecule has 18 heavy (non-hydrogen) atoms. The number of carbonyl (C=O) groups is 1. The average Bonchev–Trinajstić information content (AvgIpc) is 2.85. The highest BCUT2D eigenvalue weighted by Gasteiger charge is 2.13. The maximum absolute atomic E-state index is 10.5. The summed E-state index contributed by atoms with van der Waals surface area (Å²) >= 11 is 0. The predicted molar refractivity (Wildman–Crippen MR) is 62.2 cm³/mol. The minimum absolute atomic E-state index is 0.396. The van der Waals surface area contributed by atoms with Gasteiger partial charge in [0.1, 0.15) is 5.75 Å². The lowest BCUT2D eigenvalue weighted by Crippen LogP contribution is -2.10. The zero-order valence-electron chi connectivity index (χ0n) is 9.79. The fourth-order valence-corrected chi connectivity index (χ4v) is 1.42. The number of benzene rings is 1. The molecule has 0 spiro atoms. The second-order valence-corrected chi connectivity index (χ2v) is 3.54. The molecule has 2 aromatic rings. The molecule has 6 heteroatoms. The lowest BCUT2D eigenvalue weighted by Gasteiger charge is -2.06. The Morgan fingerprint density at radius 1 is 1.44 bits per heavy atom. The van der Waals surface area contributed by atoms with Gasteiger partial charge in [0, 0.05) is 6.42 Å². The summed E-state index contributed by atoms with van der Waals surface area (Å²) in [6, 6.07) is 6.97. The monoisotopic (exact) mass is 248 g/mol. The molecule has 2 rings (SSSR count). The minimum Gasteiger partial charge on any atom is -0.481 e. The van der Waals surface area contributed by atoms with Crippen LogP contribution in [-0.4, -0.2) is 27.8 Å². The molecule has 6 nitrogen and oxygen atoms in total. The van der Waals surface area contributed by atoms with Crippen molar-refractivity contribution < 1.29 is 19.2 Å². The zero-order valence-corrected chi connectivity index (χ0v) is 9.79. The Balaban J connectivity index is 2.29. The average molecular weight is 248 g/mol. The van der Waals surface area contributed by atoms with Gasteiger partial charge in [0.05, 0.1) is 5.56 Å². The number of aliphatic carboxylic acids is 1. The Kier molecular flexibility index (Phi) is 3.57. The Morgan fingerprint density at radius 2 is 2.22 bits per heavy atom. The number of carboxylic acid groups (broad SMARTS) is 1. The van der Waals surface area contributed by atoms with Crippen molar-refractivity contribution >= 4 is 5.97 Å². The number of ether oxygens (including phenoxy) is 1. The van der Waals surface area contributed by atoms with E-state index < -0.39 is 12.6 Å². The van der Waals surface area contributed by atoms with Gasteiger partial charge in [0.2, 0.25) is 11.7 Å². The fourth-order valence-electron chi connectivity index (χ4n) is 1.42. The molecule has 0 atom stereocenters. The summed E-state index contributed by atoms with van der Waals surface area (Å²) in [7, 11) is 0. The molecule has 1 aromatic carbocycles. The van der Waals surface area contributed by atoms with Gasteiger partial charge in [-0.2, -0.15) is 4.98 Å². The lowest BCUT2D eigenvalue weighted by molar-refractivity contribution is -0.139. The van der Waals surface area contributed by atoms with E-state index in [4.69, 9.17) is 14.4 Å². The third-order valence-corrected chi connectivity index (χ3v) is 2.25. The lowest BCUT2D eigenvalue weighted by atomic mass is 10.2. The highest BCUT2D eigenvalue weighted by atomic mass is 16.5. The summed E-state index contributed by atoms with van der Waals surface area (Å²) < 4.78 is 10.2. The van der Waals surface area contributed by atoms with Crippen molar-refractivity contribution in [2.75, 3.05) is 6.61 Å². The van der Waals surface area contributed by atoms with E-state index >= 15 is 0 Å². The van der Waals surface area contributed by atoms with Crippen molar-refractivity contribution in [2.45, 2.75) is 13.3 Å². The summed E-state index contributed by atoms with van der Waals surface area (Å²) in [5.74, 6) is 0.307. The molecular weight excluding hydrogens is 236 g/mol. The smallest absolute Gasteiger partial charge is 0.341 e. The first-order chi connectivity index (χ1) is 8.70. The van der Waals surface area contributed by atoms with Crippen LogP contribution in [0.15, 0.2) is 28.8 Å². The van der Waals surface area contributed by atoms with Gasteiger partial charge in [0.25, 0.3) is 0 Å². The van der Waals surface area contributed by atoms with E-state index in [2.05, 4.69) is 10.1 Å². The summed E-state index contributed by atoms with van der Waals surface area (Å²) in [5, 5.41) is 12.4. The van der Waals surface area contributed by atoms with E-state index in [1.165, 1.54) is 0 Å². The molecule has 0 saturated heterocycles. The third kappa shape index (κ3) is 2.65. The van der Waals surface area contributed by atoms with Crippen molar-refractivity contribution in [3.63, 3.8) is 0 Å². The number of nitrogens with zero attached hydrogens (tertiary/aromatic N) is 2. The van der Waals surface area contributed by atoms with Crippen LogP contribution in [0.25, 0.3) is 11.4 Å².